The second-order valence-electron chi connectivity index (χ2n) is 5.38. The first-order valence-corrected chi connectivity index (χ1v) is 8.21. The zero-order chi connectivity index (χ0) is 14.9. The van der Waals surface area contributed by atoms with E-state index in [0.717, 1.165) is 18.4 Å². The van der Waals surface area contributed by atoms with Gasteiger partial charge in [0.05, 0.1) is 7.11 Å². The van der Waals surface area contributed by atoms with Gasteiger partial charge in [0.15, 0.2) is 0 Å². The Hall–Kier alpha value is -1.11. The number of sulfonamides is 1. The fourth-order valence-corrected chi connectivity index (χ4v) is 4.60. The number of aryl methyl sites for hydroxylation is 2. The maximum Gasteiger partial charge on any atom is 0.247 e. The van der Waals surface area contributed by atoms with Crippen LogP contribution in [-0.2, 0) is 10.0 Å². The normalized spacial score (nSPS) is 20.9. The first-order chi connectivity index (χ1) is 9.36. The van der Waals surface area contributed by atoms with E-state index >= 15 is 0 Å². The van der Waals surface area contributed by atoms with Gasteiger partial charge in [-0.2, -0.15) is 4.31 Å². The van der Waals surface area contributed by atoms with E-state index in [1.165, 1.54) is 11.4 Å². The lowest BCUT2D eigenvalue weighted by Crippen LogP contribution is -2.45. The maximum atomic E-state index is 12.8. The molecule has 5 nitrogen and oxygen atoms in total. The third-order valence-corrected chi connectivity index (χ3v) is 5.67. The van der Waals surface area contributed by atoms with Crippen LogP contribution in [0.15, 0.2) is 17.0 Å². The molecule has 0 amide bonds. The molecule has 1 heterocycles. The van der Waals surface area contributed by atoms with Crippen molar-refractivity contribution in [2.75, 3.05) is 20.2 Å². The highest BCUT2D eigenvalue weighted by Gasteiger charge is 2.32. The topological polar surface area (TPSA) is 72.6 Å². The van der Waals surface area contributed by atoms with Crippen LogP contribution in [0.1, 0.15) is 24.0 Å². The van der Waals surface area contributed by atoms with Gasteiger partial charge in [-0.1, -0.05) is 6.07 Å². The number of nitrogens with two attached hydrogens (primary N) is 1. The molecule has 1 aliphatic heterocycles. The number of piperidine rings is 1. The van der Waals surface area contributed by atoms with E-state index < -0.39 is 10.0 Å². The quantitative estimate of drug-likeness (QED) is 0.916. The highest BCUT2D eigenvalue weighted by atomic mass is 32.2. The molecule has 1 aromatic rings. The van der Waals surface area contributed by atoms with Crippen molar-refractivity contribution in [2.24, 2.45) is 5.73 Å². The average Bonchev–Trinajstić information content (AvgIpc) is 2.37. The Morgan fingerprint density at radius 1 is 1.35 bits per heavy atom. The lowest BCUT2D eigenvalue weighted by molar-refractivity contribution is 0.314. The van der Waals surface area contributed by atoms with Crippen molar-refractivity contribution in [3.8, 4) is 5.75 Å². The predicted octanol–water partition coefficient (Wildman–Crippen LogP) is 1.42. The summed E-state index contributed by atoms with van der Waals surface area (Å²) in [5, 5.41) is 0. The summed E-state index contributed by atoms with van der Waals surface area (Å²) in [6.45, 7) is 4.61. The van der Waals surface area contributed by atoms with Crippen LogP contribution in [0.4, 0.5) is 0 Å². The summed E-state index contributed by atoms with van der Waals surface area (Å²) < 4.78 is 32.4. The van der Waals surface area contributed by atoms with Gasteiger partial charge in [0.1, 0.15) is 10.6 Å². The third-order valence-electron chi connectivity index (χ3n) is 3.62. The fourth-order valence-electron chi connectivity index (χ4n) is 2.72. The summed E-state index contributed by atoms with van der Waals surface area (Å²) >= 11 is 0. The largest absolute Gasteiger partial charge is 0.495 e. The molecule has 1 aromatic carbocycles. The van der Waals surface area contributed by atoms with Crippen molar-refractivity contribution in [2.45, 2.75) is 37.6 Å². The molecule has 0 aliphatic carbocycles. The van der Waals surface area contributed by atoms with Gasteiger partial charge in [0, 0.05) is 19.1 Å². The van der Waals surface area contributed by atoms with Crippen molar-refractivity contribution in [3.05, 3.63) is 23.3 Å². The Balaban J connectivity index is 2.49. The molecule has 112 valence electrons. The van der Waals surface area contributed by atoms with E-state index in [9.17, 15) is 8.42 Å². The van der Waals surface area contributed by atoms with Crippen LogP contribution in [-0.4, -0.2) is 39.0 Å². The van der Waals surface area contributed by atoms with E-state index in [0.29, 0.717) is 24.4 Å². The zero-order valence-electron chi connectivity index (χ0n) is 12.2. The SMILES string of the molecule is COc1cc(C)cc(C)c1S(=O)(=O)N1CCCC(N)C1. The van der Waals surface area contributed by atoms with Crippen molar-refractivity contribution in [1.82, 2.24) is 4.31 Å². The van der Waals surface area contributed by atoms with Crippen molar-refractivity contribution >= 4 is 10.0 Å². The van der Waals surface area contributed by atoms with E-state index in [1.54, 1.807) is 13.0 Å². The number of nitrogens with zero attached hydrogens (tertiary/aromatic N) is 1. The van der Waals surface area contributed by atoms with Gasteiger partial charge in [0.2, 0.25) is 10.0 Å². The molecule has 2 rings (SSSR count). The first kappa shape index (κ1) is 15.3. The molecule has 1 atom stereocenters. The zero-order valence-corrected chi connectivity index (χ0v) is 13.0. The van der Waals surface area contributed by atoms with Crippen LogP contribution < -0.4 is 10.5 Å². The molecule has 1 saturated heterocycles. The number of ether oxygens (including phenoxy) is 1. The molecule has 1 aliphatic rings. The lowest BCUT2D eigenvalue weighted by Gasteiger charge is -2.30. The lowest BCUT2D eigenvalue weighted by atomic mass is 10.1. The molecule has 2 N–H and O–H groups in total. The summed E-state index contributed by atoms with van der Waals surface area (Å²) in [7, 11) is -2.06. The number of hydrogen-bond acceptors (Lipinski definition) is 4. The number of hydrogen-bond donors (Lipinski definition) is 1. The summed E-state index contributed by atoms with van der Waals surface area (Å²) in [5.41, 5.74) is 7.58. The molecule has 6 heteroatoms. The van der Waals surface area contributed by atoms with Crippen LogP contribution in [0.5, 0.6) is 5.75 Å². The van der Waals surface area contributed by atoms with Crippen LogP contribution in [0.3, 0.4) is 0 Å². The summed E-state index contributed by atoms with van der Waals surface area (Å²) in [4.78, 5) is 0.264. The van der Waals surface area contributed by atoms with Crippen molar-refractivity contribution < 1.29 is 13.2 Å². The molecule has 0 radical (unpaired) electrons. The summed E-state index contributed by atoms with van der Waals surface area (Å²) in [6.07, 6.45) is 1.67. The molecule has 0 spiro atoms. The molecule has 1 unspecified atom stereocenters. The minimum absolute atomic E-state index is 0.0877. The van der Waals surface area contributed by atoms with E-state index in [4.69, 9.17) is 10.5 Å². The Morgan fingerprint density at radius 2 is 2.05 bits per heavy atom. The van der Waals surface area contributed by atoms with Crippen LogP contribution in [0.2, 0.25) is 0 Å². The van der Waals surface area contributed by atoms with Crippen molar-refractivity contribution in [3.63, 3.8) is 0 Å². The Morgan fingerprint density at radius 3 is 2.65 bits per heavy atom. The van der Waals surface area contributed by atoms with Gasteiger partial charge in [-0.05, 0) is 43.9 Å². The molecule has 0 aromatic heterocycles. The molecule has 1 fully saturated rings. The maximum absolute atomic E-state index is 12.8. The van der Waals surface area contributed by atoms with Gasteiger partial charge in [0.25, 0.3) is 0 Å². The van der Waals surface area contributed by atoms with Gasteiger partial charge < -0.3 is 10.5 Å². The molecule has 20 heavy (non-hydrogen) atoms. The predicted molar refractivity (Wildman–Crippen MR) is 78.4 cm³/mol. The third kappa shape index (κ3) is 2.82. The first-order valence-electron chi connectivity index (χ1n) is 6.77. The number of rotatable bonds is 3. The number of methoxy groups -OCH3 is 1. The minimum Gasteiger partial charge on any atom is -0.495 e. The smallest absolute Gasteiger partial charge is 0.247 e. The molecular formula is C14H22N2O3S. The van der Waals surface area contributed by atoms with Crippen LogP contribution >= 0.6 is 0 Å². The molecule has 0 saturated carbocycles. The van der Waals surface area contributed by atoms with E-state index in [1.807, 2.05) is 13.0 Å². The second kappa shape index (κ2) is 5.71. The Kier molecular flexibility index (Phi) is 4.36. The van der Waals surface area contributed by atoms with Crippen LogP contribution in [0.25, 0.3) is 0 Å². The number of benzene rings is 1. The highest BCUT2D eigenvalue weighted by Crippen LogP contribution is 2.32. The van der Waals surface area contributed by atoms with Crippen LogP contribution in [0, 0.1) is 13.8 Å². The highest BCUT2D eigenvalue weighted by molar-refractivity contribution is 7.89. The Bertz CT molecular complexity index is 599. The van der Waals surface area contributed by atoms with Gasteiger partial charge in [-0.15, -0.1) is 0 Å². The standard InChI is InChI=1S/C14H22N2O3S/c1-10-7-11(2)14(13(8-10)19-3)20(17,18)16-6-4-5-12(15)9-16/h7-8,12H,4-6,9,15H2,1-3H3. The summed E-state index contributed by atoms with van der Waals surface area (Å²) in [6, 6.07) is 3.53. The molecule has 0 bridgehead atoms. The van der Waals surface area contributed by atoms with E-state index in [-0.39, 0.29) is 10.9 Å². The van der Waals surface area contributed by atoms with Gasteiger partial charge in [-0.3, -0.25) is 0 Å². The second-order valence-corrected chi connectivity index (χ2v) is 7.25. The average molecular weight is 298 g/mol. The van der Waals surface area contributed by atoms with E-state index in [2.05, 4.69) is 0 Å². The monoisotopic (exact) mass is 298 g/mol. The van der Waals surface area contributed by atoms with Gasteiger partial charge in [-0.25, -0.2) is 8.42 Å². The fraction of sp³-hybridized carbons (Fsp3) is 0.571. The summed E-state index contributed by atoms with van der Waals surface area (Å²) in [5.74, 6) is 0.404. The van der Waals surface area contributed by atoms with Gasteiger partial charge >= 0.3 is 0 Å². The minimum atomic E-state index is -3.56. The van der Waals surface area contributed by atoms with Crippen molar-refractivity contribution in [1.29, 1.82) is 0 Å². The Labute approximate surface area is 120 Å². The molecular weight excluding hydrogens is 276 g/mol.